The summed E-state index contributed by atoms with van der Waals surface area (Å²) in [6, 6.07) is 12.8. The van der Waals surface area contributed by atoms with E-state index in [-0.39, 0.29) is 5.91 Å². The highest BCUT2D eigenvalue weighted by Crippen LogP contribution is 2.05. The van der Waals surface area contributed by atoms with Crippen LogP contribution >= 0.6 is 0 Å². The summed E-state index contributed by atoms with van der Waals surface area (Å²) in [6.45, 7) is 0.865. The lowest BCUT2D eigenvalue weighted by Gasteiger charge is -2.07. The van der Waals surface area contributed by atoms with Gasteiger partial charge in [-0.3, -0.25) is 9.78 Å². The molecule has 1 aromatic heterocycles. The van der Waals surface area contributed by atoms with Crippen LogP contribution in [0, 0.1) is 0 Å². The summed E-state index contributed by atoms with van der Waals surface area (Å²) in [7, 11) is -3.17. The Hall–Kier alpha value is -2.25. The number of pyridine rings is 1. The van der Waals surface area contributed by atoms with E-state index in [0.29, 0.717) is 31.5 Å². The number of carbonyl (C=O) groups is 1. The summed E-state index contributed by atoms with van der Waals surface area (Å²) >= 11 is 0. The minimum atomic E-state index is -3.17. The summed E-state index contributed by atoms with van der Waals surface area (Å²) < 4.78 is 24.4. The van der Waals surface area contributed by atoms with E-state index in [9.17, 15) is 13.2 Å². The Kier molecular flexibility index (Phi) is 6.45. The molecular formula is C17H21N3O3S. The monoisotopic (exact) mass is 347 g/mol. The van der Waals surface area contributed by atoms with Crippen molar-refractivity contribution >= 4 is 15.9 Å². The van der Waals surface area contributed by atoms with E-state index in [4.69, 9.17) is 0 Å². The summed E-state index contributed by atoms with van der Waals surface area (Å²) in [5.41, 5.74) is 2.48. The number of hydrogen-bond donors (Lipinski definition) is 2. The predicted molar refractivity (Wildman–Crippen MR) is 93.3 cm³/mol. The van der Waals surface area contributed by atoms with Crippen LogP contribution in [0.15, 0.2) is 48.7 Å². The van der Waals surface area contributed by atoms with Gasteiger partial charge in [0.15, 0.2) is 0 Å². The maximum absolute atomic E-state index is 12.1. The van der Waals surface area contributed by atoms with Gasteiger partial charge in [-0.2, -0.15) is 0 Å². The Labute approximate surface area is 142 Å². The number of nitrogens with one attached hydrogen (secondary N) is 2. The van der Waals surface area contributed by atoms with Crippen LogP contribution in [0.4, 0.5) is 0 Å². The summed E-state index contributed by atoms with van der Waals surface area (Å²) in [4.78, 5) is 16.3. The van der Waals surface area contributed by atoms with Crippen molar-refractivity contribution in [1.82, 2.24) is 15.0 Å². The van der Waals surface area contributed by atoms with Gasteiger partial charge < -0.3 is 5.32 Å². The molecule has 0 bridgehead atoms. The molecule has 0 aliphatic carbocycles. The molecule has 0 saturated carbocycles. The standard InChI is InChI=1S/C17H21N3O3S/c1-24(22,23)20-13-9-14-5-7-15(8-6-14)17(21)19-12-10-16-4-2-3-11-18-16/h2-8,11,20H,9-10,12-13H2,1H3,(H,19,21). The molecule has 24 heavy (non-hydrogen) atoms. The first kappa shape index (κ1) is 18.1. The highest BCUT2D eigenvalue weighted by atomic mass is 32.2. The predicted octanol–water partition coefficient (Wildman–Crippen LogP) is 1.15. The lowest BCUT2D eigenvalue weighted by molar-refractivity contribution is 0.0954. The lowest BCUT2D eigenvalue weighted by Crippen LogP contribution is -2.26. The van der Waals surface area contributed by atoms with Crippen molar-refractivity contribution in [3.8, 4) is 0 Å². The van der Waals surface area contributed by atoms with Crippen LogP contribution in [-0.2, 0) is 22.9 Å². The zero-order valence-corrected chi connectivity index (χ0v) is 14.3. The molecule has 7 heteroatoms. The fourth-order valence-electron chi connectivity index (χ4n) is 2.16. The van der Waals surface area contributed by atoms with E-state index in [1.807, 2.05) is 30.3 Å². The Morgan fingerprint density at radius 2 is 1.79 bits per heavy atom. The molecule has 0 aliphatic rings. The minimum absolute atomic E-state index is 0.133. The van der Waals surface area contributed by atoms with Crippen molar-refractivity contribution in [2.75, 3.05) is 19.3 Å². The third-order valence-corrected chi connectivity index (χ3v) is 4.12. The van der Waals surface area contributed by atoms with Crippen molar-refractivity contribution in [2.45, 2.75) is 12.8 Å². The molecule has 2 aromatic rings. The van der Waals surface area contributed by atoms with Crippen LogP contribution in [0.2, 0.25) is 0 Å². The second-order valence-electron chi connectivity index (χ2n) is 5.44. The van der Waals surface area contributed by atoms with Crippen molar-refractivity contribution < 1.29 is 13.2 Å². The smallest absolute Gasteiger partial charge is 0.251 e. The molecule has 0 atom stereocenters. The molecule has 0 fully saturated rings. The van der Waals surface area contributed by atoms with Gasteiger partial charge in [-0.15, -0.1) is 0 Å². The Morgan fingerprint density at radius 3 is 2.42 bits per heavy atom. The molecule has 0 spiro atoms. The van der Waals surface area contributed by atoms with Gasteiger partial charge in [-0.1, -0.05) is 18.2 Å². The number of aromatic nitrogens is 1. The molecule has 6 nitrogen and oxygen atoms in total. The van der Waals surface area contributed by atoms with E-state index in [0.717, 1.165) is 17.5 Å². The number of hydrogen-bond acceptors (Lipinski definition) is 4. The van der Waals surface area contributed by atoms with Gasteiger partial charge in [0, 0.05) is 37.0 Å². The maximum atomic E-state index is 12.1. The Balaban J connectivity index is 1.78. The average molecular weight is 347 g/mol. The topological polar surface area (TPSA) is 88.2 Å². The van der Waals surface area contributed by atoms with Crippen LogP contribution < -0.4 is 10.0 Å². The van der Waals surface area contributed by atoms with Gasteiger partial charge in [0.2, 0.25) is 10.0 Å². The van der Waals surface area contributed by atoms with Crippen LogP contribution in [0.3, 0.4) is 0 Å². The normalized spacial score (nSPS) is 11.2. The summed E-state index contributed by atoms with van der Waals surface area (Å²) in [5, 5.41) is 2.86. The first-order valence-electron chi connectivity index (χ1n) is 7.66. The molecule has 0 radical (unpaired) electrons. The molecule has 0 saturated heterocycles. The summed E-state index contributed by atoms with van der Waals surface area (Å²) in [6.07, 6.45) is 4.12. The largest absolute Gasteiger partial charge is 0.352 e. The highest BCUT2D eigenvalue weighted by Gasteiger charge is 2.06. The quantitative estimate of drug-likeness (QED) is 0.750. The van der Waals surface area contributed by atoms with Crippen molar-refractivity contribution in [3.05, 3.63) is 65.5 Å². The zero-order valence-electron chi connectivity index (χ0n) is 13.5. The molecule has 0 unspecified atom stereocenters. The van der Waals surface area contributed by atoms with Gasteiger partial charge >= 0.3 is 0 Å². The minimum Gasteiger partial charge on any atom is -0.352 e. The van der Waals surface area contributed by atoms with Crippen LogP contribution in [0.25, 0.3) is 0 Å². The van der Waals surface area contributed by atoms with E-state index >= 15 is 0 Å². The van der Waals surface area contributed by atoms with Gasteiger partial charge in [0.25, 0.3) is 5.91 Å². The molecule has 1 amide bonds. The number of rotatable bonds is 8. The zero-order chi connectivity index (χ0) is 17.4. The first-order chi connectivity index (χ1) is 11.4. The third-order valence-electron chi connectivity index (χ3n) is 3.39. The third kappa shape index (κ3) is 6.47. The highest BCUT2D eigenvalue weighted by molar-refractivity contribution is 7.88. The second kappa shape index (κ2) is 8.56. The molecule has 128 valence electrons. The van der Waals surface area contributed by atoms with Crippen LogP contribution in [0.5, 0.6) is 0 Å². The van der Waals surface area contributed by atoms with Crippen molar-refractivity contribution in [1.29, 1.82) is 0 Å². The second-order valence-corrected chi connectivity index (χ2v) is 7.27. The Morgan fingerprint density at radius 1 is 1.04 bits per heavy atom. The SMILES string of the molecule is CS(=O)(=O)NCCc1ccc(C(=O)NCCc2ccccn2)cc1. The number of sulfonamides is 1. The lowest BCUT2D eigenvalue weighted by atomic mass is 10.1. The van der Waals surface area contributed by atoms with Gasteiger partial charge in [-0.05, 0) is 36.2 Å². The Bertz CT molecular complexity index is 759. The molecular weight excluding hydrogens is 326 g/mol. The summed E-state index contributed by atoms with van der Waals surface area (Å²) in [5.74, 6) is -0.133. The molecule has 2 rings (SSSR count). The van der Waals surface area contributed by atoms with Crippen molar-refractivity contribution in [3.63, 3.8) is 0 Å². The molecule has 0 aliphatic heterocycles. The molecule has 1 aromatic carbocycles. The number of nitrogens with zero attached hydrogens (tertiary/aromatic N) is 1. The first-order valence-corrected chi connectivity index (χ1v) is 9.55. The number of amides is 1. The van der Waals surface area contributed by atoms with Gasteiger partial charge in [-0.25, -0.2) is 13.1 Å². The van der Waals surface area contributed by atoms with E-state index in [1.54, 1.807) is 18.3 Å². The van der Waals surface area contributed by atoms with E-state index in [1.165, 1.54) is 0 Å². The van der Waals surface area contributed by atoms with Crippen LogP contribution in [0.1, 0.15) is 21.6 Å². The average Bonchev–Trinajstić information content (AvgIpc) is 2.55. The van der Waals surface area contributed by atoms with Crippen LogP contribution in [-0.4, -0.2) is 38.7 Å². The van der Waals surface area contributed by atoms with Gasteiger partial charge in [0.1, 0.15) is 0 Å². The number of carbonyl (C=O) groups excluding carboxylic acids is 1. The van der Waals surface area contributed by atoms with E-state index in [2.05, 4.69) is 15.0 Å². The van der Waals surface area contributed by atoms with Gasteiger partial charge in [0.05, 0.1) is 6.26 Å². The van der Waals surface area contributed by atoms with E-state index < -0.39 is 10.0 Å². The molecule has 2 N–H and O–H groups in total. The fraction of sp³-hybridized carbons (Fsp3) is 0.294. The maximum Gasteiger partial charge on any atom is 0.251 e. The fourth-order valence-corrected chi connectivity index (χ4v) is 2.63. The molecule has 1 heterocycles. The van der Waals surface area contributed by atoms with Crippen molar-refractivity contribution in [2.24, 2.45) is 0 Å². The number of benzene rings is 1.